The molecule has 0 fully saturated rings. The first-order valence-corrected chi connectivity index (χ1v) is 9.53. The minimum Gasteiger partial charge on any atom is -0.492 e. The van der Waals surface area contributed by atoms with E-state index in [1.807, 2.05) is 6.92 Å². The maximum Gasteiger partial charge on any atom is 0.387 e. The van der Waals surface area contributed by atoms with Crippen molar-refractivity contribution in [3.05, 3.63) is 54.1 Å². The molecule has 170 valence electrons. The van der Waals surface area contributed by atoms with Crippen LogP contribution >= 0.6 is 24.0 Å². The molecule has 0 aliphatic rings. The zero-order chi connectivity index (χ0) is 21.8. The molecule has 0 aliphatic carbocycles. The largest absolute Gasteiger partial charge is 0.492 e. The van der Waals surface area contributed by atoms with Gasteiger partial charge in [-0.05, 0) is 25.1 Å². The van der Waals surface area contributed by atoms with Gasteiger partial charge in [0.2, 0.25) is 5.91 Å². The van der Waals surface area contributed by atoms with Crippen LogP contribution in [-0.4, -0.2) is 38.2 Å². The van der Waals surface area contributed by atoms with Crippen molar-refractivity contribution in [3.8, 4) is 11.5 Å². The van der Waals surface area contributed by atoms with Gasteiger partial charge < -0.3 is 25.4 Å². The van der Waals surface area contributed by atoms with Gasteiger partial charge in [0.05, 0.1) is 13.1 Å². The summed E-state index contributed by atoms with van der Waals surface area (Å²) < 4.78 is 35.3. The van der Waals surface area contributed by atoms with Crippen LogP contribution in [0.5, 0.6) is 11.5 Å². The van der Waals surface area contributed by atoms with Gasteiger partial charge in [-0.2, -0.15) is 8.78 Å². The summed E-state index contributed by atoms with van der Waals surface area (Å²) in [6.45, 7) is 2.12. The van der Waals surface area contributed by atoms with Crippen LogP contribution in [-0.2, 0) is 11.3 Å². The Balaban J connectivity index is 0.00000480. The van der Waals surface area contributed by atoms with Gasteiger partial charge in [0.25, 0.3) is 0 Å². The van der Waals surface area contributed by atoms with Gasteiger partial charge in [0.15, 0.2) is 5.96 Å². The predicted octanol–water partition coefficient (Wildman–Crippen LogP) is 4.00. The molecule has 1 amide bonds. The normalized spacial score (nSPS) is 10.8. The molecule has 0 unspecified atom stereocenters. The number of hydrogen-bond acceptors (Lipinski definition) is 4. The number of aliphatic imine (C=N–C) groups is 1. The molecule has 7 nitrogen and oxygen atoms in total. The lowest BCUT2D eigenvalue weighted by Crippen LogP contribution is -2.39. The van der Waals surface area contributed by atoms with E-state index in [1.54, 1.807) is 42.5 Å². The predicted molar refractivity (Wildman–Crippen MR) is 128 cm³/mol. The lowest BCUT2D eigenvalue weighted by atomic mass is 10.2. The number of alkyl halides is 2. The van der Waals surface area contributed by atoms with E-state index in [-0.39, 0.29) is 42.2 Å². The summed E-state index contributed by atoms with van der Waals surface area (Å²) in [7, 11) is 0. The van der Waals surface area contributed by atoms with E-state index in [4.69, 9.17) is 4.74 Å². The highest BCUT2D eigenvalue weighted by Crippen LogP contribution is 2.21. The summed E-state index contributed by atoms with van der Waals surface area (Å²) >= 11 is 0. The number of hydrogen-bond donors (Lipinski definition) is 3. The number of carbonyl (C=O) groups is 1. The molecule has 0 radical (unpaired) electrons. The van der Waals surface area contributed by atoms with Crippen LogP contribution in [0, 0.1) is 0 Å². The first kappa shape index (κ1) is 26.4. The summed E-state index contributed by atoms with van der Waals surface area (Å²) in [6.07, 6.45) is 0. The van der Waals surface area contributed by atoms with Crippen molar-refractivity contribution in [2.75, 3.05) is 25.0 Å². The molecule has 0 saturated carbocycles. The number of benzene rings is 2. The number of carbonyl (C=O) groups excluding carboxylic acids is 1. The minimum atomic E-state index is -2.89. The van der Waals surface area contributed by atoms with Crippen LogP contribution in [0.3, 0.4) is 0 Å². The Kier molecular flexibility index (Phi) is 12.3. The number of para-hydroxylation sites is 1. The highest BCUT2D eigenvalue weighted by Gasteiger charge is 2.09. The summed E-state index contributed by atoms with van der Waals surface area (Å²) in [4.78, 5) is 15.5. The van der Waals surface area contributed by atoms with Crippen LogP contribution < -0.4 is 25.4 Å². The van der Waals surface area contributed by atoms with Crippen LogP contribution in [0.1, 0.15) is 19.4 Å². The SMILES string of the molecule is CCNC(=NCc1ccccc1OC(F)F)NCCOc1cccc(NC(C)=O)c1.I. The topological polar surface area (TPSA) is 84.0 Å². The van der Waals surface area contributed by atoms with Crippen molar-refractivity contribution < 1.29 is 23.0 Å². The third-order valence-electron chi connectivity index (χ3n) is 3.76. The van der Waals surface area contributed by atoms with Gasteiger partial charge in [0, 0.05) is 30.8 Å². The molecule has 0 atom stereocenters. The molecule has 0 bridgehead atoms. The maximum absolute atomic E-state index is 12.5. The van der Waals surface area contributed by atoms with E-state index in [9.17, 15) is 13.6 Å². The van der Waals surface area contributed by atoms with Crippen molar-refractivity contribution in [2.24, 2.45) is 4.99 Å². The minimum absolute atomic E-state index is 0. The number of halogens is 3. The van der Waals surface area contributed by atoms with E-state index in [0.717, 1.165) is 0 Å². The maximum atomic E-state index is 12.5. The fraction of sp³-hybridized carbons (Fsp3) is 0.333. The molecule has 0 aliphatic heterocycles. The Hall–Kier alpha value is -2.63. The summed E-state index contributed by atoms with van der Waals surface area (Å²) in [6, 6.07) is 13.6. The number of nitrogens with zero attached hydrogens (tertiary/aromatic N) is 1. The first-order chi connectivity index (χ1) is 14.5. The van der Waals surface area contributed by atoms with Gasteiger partial charge in [-0.3, -0.25) is 4.79 Å². The second-order valence-electron chi connectivity index (χ2n) is 6.17. The van der Waals surface area contributed by atoms with Gasteiger partial charge in [-0.1, -0.05) is 24.3 Å². The Bertz CT molecular complexity index is 853. The van der Waals surface area contributed by atoms with E-state index in [0.29, 0.717) is 42.7 Å². The Labute approximate surface area is 197 Å². The number of ether oxygens (including phenoxy) is 2. The fourth-order valence-electron chi connectivity index (χ4n) is 2.56. The van der Waals surface area contributed by atoms with Crippen LogP contribution in [0.15, 0.2) is 53.5 Å². The number of rotatable bonds is 10. The molecule has 0 spiro atoms. The smallest absolute Gasteiger partial charge is 0.387 e. The molecule has 0 saturated heterocycles. The Morgan fingerprint density at radius 1 is 1.13 bits per heavy atom. The first-order valence-electron chi connectivity index (χ1n) is 9.53. The molecule has 0 heterocycles. The van der Waals surface area contributed by atoms with Crippen molar-refractivity contribution in [1.29, 1.82) is 0 Å². The molecule has 3 N–H and O–H groups in total. The van der Waals surface area contributed by atoms with Crippen LogP contribution in [0.4, 0.5) is 14.5 Å². The number of guanidine groups is 1. The quantitative estimate of drug-likeness (QED) is 0.181. The molecule has 0 aromatic heterocycles. The third-order valence-corrected chi connectivity index (χ3v) is 3.76. The summed E-state index contributed by atoms with van der Waals surface area (Å²) in [5, 5.41) is 8.91. The molecule has 31 heavy (non-hydrogen) atoms. The van der Waals surface area contributed by atoms with E-state index in [1.165, 1.54) is 13.0 Å². The fourth-order valence-corrected chi connectivity index (χ4v) is 2.56. The zero-order valence-corrected chi connectivity index (χ0v) is 19.7. The third kappa shape index (κ3) is 10.3. The van der Waals surface area contributed by atoms with Crippen molar-refractivity contribution >= 4 is 41.5 Å². The van der Waals surface area contributed by atoms with Crippen molar-refractivity contribution in [2.45, 2.75) is 27.0 Å². The molecule has 2 aromatic rings. The average molecular weight is 548 g/mol. The zero-order valence-electron chi connectivity index (χ0n) is 17.4. The van der Waals surface area contributed by atoms with Gasteiger partial charge in [-0.25, -0.2) is 4.99 Å². The Morgan fingerprint density at radius 2 is 1.90 bits per heavy atom. The lowest BCUT2D eigenvalue weighted by Gasteiger charge is -2.13. The number of anilines is 1. The van der Waals surface area contributed by atoms with Crippen molar-refractivity contribution in [3.63, 3.8) is 0 Å². The lowest BCUT2D eigenvalue weighted by molar-refractivity contribution is -0.114. The summed E-state index contributed by atoms with van der Waals surface area (Å²) in [5.41, 5.74) is 1.22. The number of amides is 1. The molecule has 10 heteroatoms. The highest BCUT2D eigenvalue weighted by molar-refractivity contribution is 14.0. The van der Waals surface area contributed by atoms with E-state index >= 15 is 0 Å². The van der Waals surface area contributed by atoms with Crippen molar-refractivity contribution in [1.82, 2.24) is 10.6 Å². The second-order valence-corrected chi connectivity index (χ2v) is 6.17. The van der Waals surface area contributed by atoms with Gasteiger partial charge >= 0.3 is 6.61 Å². The Morgan fingerprint density at radius 3 is 2.61 bits per heavy atom. The van der Waals surface area contributed by atoms with Gasteiger partial charge in [0.1, 0.15) is 18.1 Å². The van der Waals surface area contributed by atoms with Crippen LogP contribution in [0.25, 0.3) is 0 Å². The number of nitrogens with one attached hydrogen (secondary N) is 3. The molecule has 2 aromatic carbocycles. The highest BCUT2D eigenvalue weighted by atomic mass is 127. The van der Waals surface area contributed by atoms with E-state index in [2.05, 4.69) is 25.7 Å². The molecular weight excluding hydrogens is 521 g/mol. The second kappa shape index (κ2) is 14.4. The molecular formula is C21H27F2IN4O3. The molecule has 2 rings (SSSR count). The van der Waals surface area contributed by atoms with Crippen LogP contribution in [0.2, 0.25) is 0 Å². The average Bonchev–Trinajstić information content (AvgIpc) is 2.69. The van der Waals surface area contributed by atoms with E-state index < -0.39 is 6.61 Å². The standard InChI is InChI=1S/C21H26F2N4O3.HI/c1-3-24-21(26-14-16-7-4-5-10-19(16)30-20(22)23)25-11-12-29-18-9-6-8-17(13-18)27-15(2)28;/h4-10,13,20H,3,11-12,14H2,1-2H3,(H,27,28)(H2,24,25,26);1H. The monoisotopic (exact) mass is 548 g/mol. The van der Waals surface area contributed by atoms with Gasteiger partial charge in [-0.15, -0.1) is 24.0 Å². The summed E-state index contributed by atoms with van der Waals surface area (Å²) in [5.74, 6) is 1.11.